The van der Waals surface area contributed by atoms with Crippen LogP contribution in [0.3, 0.4) is 0 Å². The molecule has 0 atom stereocenters. The van der Waals surface area contributed by atoms with Crippen LogP contribution in [0.25, 0.3) is 22.3 Å². The van der Waals surface area contributed by atoms with Crippen molar-refractivity contribution < 1.29 is 19.4 Å². The molecule has 0 amide bonds. The maximum Gasteiger partial charge on any atom is 0.195 e. The van der Waals surface area contributed by atoms with Crippen LogP contribution in [-0.2, 0) is 0 Å². The number of carbonyl (C=O) groups excluding carboxylic acids is 1. The van der Waals surface area contributed by atoms with E-state index in [1.165, 1.54) is 18.2 Å². The molecule has 0 saturated heterocycles. The fraction of sp³-hybridized carbons (Fsp3) is 0. The van der Waals surface area contributed by atoms with Crippen LogP contribution in [0.5, 0.6) is 11.5 Å². The van der Waals surface area contributed by atoms with Gasteiger partial charge in [0, 0.05) is 16.7 Å². The fourth-order valence-corrected chi connectivity index (χ4v) is 3.26. The number of benzene rings is 4. The Labute approximate surface area is 167 Å². The molecule has 0 aliphatic carbocycles. The zero-order chi connectivity index (χ0) is 20.4. The molecule has 0 aromatic heterocycles. The molecular weight excluding hydrogens is 367 g/mol. The third kappa shape index (κ3) is 3.60. The summed E-state index contributed by atoms with van der Waals surface area (Å²) in [7, 11) is 0. The van der Waals surface area contributed by atoms with Gasteiger partial charge in [0.05, 0.1) is 5.56 Å². The lowest BCUT2D eigenvalue weighted by Crippen LogP contribution is -2.04. The van der Waals surface area contributed by atoms with Crippen LogP contribution in [0.2, 0.25) is 0 Å². The van der Waals surface area contributed by atoms with Crippen LogP contribution >= 0.6 is 0 Å². The van der Waals surface area contributed by atoms with Gasteiger partial charge in [0.2, 0.25) is 0 Å². The second-order valence-electron chi connectivity index (χ2n) is 6.64. The zero-order valence-corrected chi connectivity index (χ0v) is 15.3. The Bertz CT molecular complexity index is 1200. The predicted molar refractivity (Wildman–Crippen MR) is 110 cm³/mol. The number of hydrogen-bond donors (Lipinski definition) is 2. The van der Waals surface area contributed by atoms with Crippen LogP contribution in [-0.4, -0.2) is 16.0 Å². The lowest BCUT2D eigenvalue weighted by atomic mass is 9.96. The number of phenolic OH excluding ortho intramolecular Hbond substituents is 2. The molecule has 0 fully saturated rings. The molecule has 2 N–H and O–H groups in total. The molecule has 29 heavy (non-hydrogen) atoms. The molecule has 0 radical (unpaired) electrons. The lowest BCUT2D eigenvalue weighted by Gasteiger charge is -2.09. The largest absolute Gasteiger partial charge is 0.507 e. The molecule has 4 aromatic carbocycles. The van der Waals surface area contributed by atoms with Crippen molar-refractivity contribution in [3.05, 3.63) is 108 Å². The molecule has 0 spiro atoms. The molecule has 4 aromatic rings. The summed E-state index contributed by atoms with van der Waals surface area (Å²) >= 11 is 0. The standard InChI is InChI=1S/C25H17FO3/c26-22-15-18(20-6-2-4-8-24(20)28)13-14-21(22)25(29)17-11-9-16(10-12-17)19-5-1-3-7-23(19)27/h1-15,27-28H. The summed E-state index contributed by atoms with van der Waals surface area (Å²) in [6.07, 6.45) is 0. The SMILES string of the molecule is O=C(c1ccc(-c2ccccc2O)cc1)c1ccc(-c2ccccc2O)cc1F. The van der Waals surface area contributed by atoms with Crippen LogP contribution < -0.4 is 0 Å². The van der Waals surface area contributed by atoms with E-state index < -0.39 is 11.6 Å². The first kappa shape index (κ1) is 18.4. The summed E-state index contributed by atoms with van der Waals surface area (Å²) in [6.45, 7) is 0. The van der Waals surface area contributed by atoms with Crippen molar-refractivity contribution >= 4 is 5.78 Å². The van der Waals surface area contributed by atoms with E-state index in [2.05, 4.69) is 0 Å². The van der Waals surface area contributed by atoms with Gasteiger partial charge < -0.3 is 10.2 Å². The van der Waals surface area contributed by atoms with Crippen LogP contribution in [0.15, 0.2) is 91.0 Å². The highest BCUT2D eigenvalue weighted by Crippen LogP contribution is 2.31. The number of halogens is 1. The number of rotatable bonds is 4. The Kier molecular flexibility index (Phi) is 4.83. The van der Waals surface area contributed by atoms with Gasteiger partial charge >= 0.3 is 0 Å². The van der Waals surface area contributed by atoms with E-state index in [9.17, 15) is 19.4 Å². The van der Waals surface area contributed by atoms with Crippen molar-refractivity contribution in [3.8, 4) is 33.8 Å². The minimum atomic E-state index is -0.652. The summed E-state index contributed by atoms with van der Waals surface area (Å²) in [6, 6.07) is 24.5. The van der Waals surface area contributed by atoms with E-state index in [-0.39, 0.29) is 17.1 Å². The Morgan fingerprint density at radius 1 is 0.655 bits per heavy atom. The van der Waals surface area contributed by atoms with E-state index in [0.717, 1.165) is 5.56 Å². The molecule has 4 heteroatoms. The maximum atomic E-state index is 14.7. The van der Waals surface area contributed by atoms with E-state index in [0.29, 0.717) is 22.3 Å². The highest BCUT2D eigenvalue weighted by atomic mass is 19.1. The highest BCUT2D eigenvalue weighted by molar-refractivity contribution is 6.09. The average Bonchev–Trinajstić information content (AvgIpc) is 2.74. The molecule has 3 nitrogen and oxygen atoms in total. The summed E-state index contributed by atoms with van der Waals surface area (Å²) in [5.74, 6) is -0.890. The third-order valence-corrected chi connectivity index (χ3v) is 4.79. The van der Waals surface area contributed by atoms with Crippen molar-refractivity contribution in [2.75, 3.05) is 0 Å². The van der Waals surface area contributed by atoms with Crippen molar-refractivity contribution in [3.63, 3.8) is 0 Å². The number of para-hydroxylation sites is 2. The fourth-order valence-electron chi connectivity index (χ4n) is 3.26. The van der Waals surface area contributed by atoms with Gasteiger partial charge in [0.25, 0.3) is 0 Å². The van der Waals surface area contributed by atoms with Gasteiger partial charge in [0.15, 0.2) is 5.78 Å². The van der Waals surface area contributed by atoms with Gasteiger partial charge in [-0.1, -0.05) is 66.7 Å². The van der Waals surface area contributed by atoms with E-state index in [4.69, 9.17) is 0 Å². The van der Waals surface area contributed by atoms with Gasteiger partial charge in [-0.2, -0.15) is 0 Å². The Morgan fingerprint density at radius 2 is 1.17 bits per heavy atom. The highest BCUT2D eigenvalue weighted by Gasteiger charge is 2.16. The Balaban J connectivity index is 1.63. The first-order valence-corrected chi connectivity index (χ1v) is 9.05. The third-order valence-electron chi connectivity index (χ3n) is 4.79. The van der Waals surface area contributed by atoms with Crippen molar-refractivity contribution in [1.29, 1.82) is 0 Å². The lowest BCUT2D eigenvalue weighted by molar-refractivity contribution is 0.103. The minimum Gasteiger partial charge on any atom is -0.507 e. The molecule has 0 heterocycles. The minimum absolute atomic E-state index is 0.0421. The van der Waals surface area contributed by atoms with Crippen LogP contribution in [0.4, 0.5) is 4.39 Å². The Hall–Kier alpha value is -3.92. The topological polar surface area (TPSA) is 57.5 Å². The quantitative estimate of drug-likeness (QED) is 0.437. The maximum absolute atomic E-state index is 14.7. The summed E-state index contributed by atoms with van der Waals surface area (Å²) in [5, 5.41) is 19.9. The molecule has 4 rings (SSSR count). The molecule has 0 unspecified atom stereocenters. The second kappa shape index (κ2) is 7.60. The van der Waals surface area contributed by atoms with E-state index in [1.807, 2.05) is 6.07 Å². The Morgan fingerprint density at radius 3 is 1.72 bits per heavy atom. The normalized spacial score (nSPS) is 10.7. The number of phenols is 2. The average molecular weight is 384 g/mol. The van der Waals surface area contributed by atoms with Crippen molar-refractivity contribution in [2.45, 2.75) is 0 Å². The molecule has 0 aliphatic heterocycles. The first-order valence-electron chi connectivity index (χ1n) is 9.05. The number of aromatic hydroxyl groups is 2. The number of ketones is 1. The van der Waals surface area contributed by atoms with E-state index in [1.54, 1.807) is 66.7 Å². The first-order chi connectivity index (χ1) is 14.0. The van der Waals surface area contributed by atoms with Gasteiger partial charge in [-0.15, -0.1) is 0 Å². The predicted octanol–water partition coefficient (Wildman–Crippen LogP) is 5.80. The summed E-state index contributed by atoms with van der Waals surface area (Å²) in [4.78, 5) is 12.8. The summed E-state index contributed by atoms with van der Waals surface area (Å²) in [5.41, 5.74) is 2.71. The van der Waals surface area contributed by atoms with Gasteiger partial charge in [-0.25, -0.2) is 4.39 Å². The van der Waals surface area contributed by atoms with Gasteiger partial charge in [-0.3, -0.25) is 4.79 Å². The number of carbonyl (C=O) groups is 1. The zero-order valence-electron chi connectivity index (χ0n) is 15.3. The van der Waals surface area contributed by atoms with E-state index >= 15 is 0 Å². The van der Waals surface area contributed by atoms with Crippen LogP contribution in [0.1, 0.15) is 15.9 Å². The molecular formula is C25H17FO3. The second-order valence-corrected chi connectivity index (χ2v) is 6.64. The summed E-state index contributed by atoms with van der Waals surface area (Å²) < 4.78 is 14.7. The number of hydrogen-bond acceptors (Lipinski definition) is 3. The van der Waals surface area contributed by atoms with Crippen molar-refractivity contribution in [1.82, 2.24) is 0 Å². The van der Waals surface area contributed by atoms with Gasteiger partial charge in [0.1, 0.15) is 17.3 Å². The van der Waals surface area contributed by atoms with Crippen LogP contribution in [0, 0.1) is 5.82 Å². The monoisotopic (exact) mass is 384 g/mol. The molecule has 0 bridgehead atoms. The molecule has 142 valence electrons. The molecule has 0 aliphatic rings. The van der Waals surface area contributed by atoms with Gasteiger partial charge in [-0.05, 0) is 35.4 Å². The smallest absolute Gasteiger partial charge is 0.195 e. The van der Waals surface area contributed by atoms with Crippen molar-refractivity contribution in [2.24, 2.45) is 0 Å². The molecule has 0 saturated carbocycles.